The second-order valence-electron chi connectivity index (χ2n) is 6.51. The van der Waals surface area contributed by atoms with Crippen molar-refractivity contribution in [2.24, 2.45) is 5.73 Å². The molecule has 0 unspecified atom stereocenters. The molecule has 0 spiro atoms. The Morgan fingerprint density at radius 1 is 1.07 bits per heavy atom. The molecule has 0 fully saturated rings. The number of carbonyl (C=O) groups excluding carboxylic acids is 1. The van der Waals surface area contributed by atoms with Crippen LogP contribution in [0, 0.1) is 5.82 Å². The van der Waals surface area contributed by atoms with E-state index >= 15 is 0 Å². The highest BCUT2D eigenvalue weighted by molar-refractivity contribution is 7.92. The molecule has 0 atom stereocenters. The Bertz CT molecular complexity index is 1360. The van der Waals surface area contributed by atoms with E-state index in [-0.39, 0.29) is 11.4 Å². The zero-order chi connectivity index (χ0) is 20.1. The number of primary amides is 1. The molecule has 0 aliphatic rings. The molecule has 0 saturated carbocycles. The minimum absolute atomic E-state index is 0.268. The van der Waals surface area contributed by atoms with Crippen molar-refractivity contribution in [3.63, 3.8) is 0 Å². The number of halogens is 1. The molecular weight excluding hydrogens is 381 g/mol. The maximum Gasteiger partial charge on any atom is 0.250 e. The number of hydrogen-bond donors (Lipinski definition) is 3. The molecule has 4 aromatic rings. The van der Waals surface area contributed by atoms with Gasteiger partial charge in [-0.2, -0.15) is 0 Å². The largest absolute Gasteiger partial charge is 0.366 e. The number of anilines is 1. The van der Waals surface area contributed by atoms with Crippen LogP contribution in [-0.2, 0) is 10.0 Å². The normalized spacial score (nSPS) is 11.8. The van der Waals surface area contributed by atoms with Crippen molar-refractivity contribution in [2.75, 3.05) is 11.0 Å². The van der Waals surface area contributed by atoms with E-state index in [1.807, 2.05) is 0 Å². The van der Waals surface area contributed by atoms with Gasteiger partial charge in [0.15, 0.2) is 0 Å². The third-order valence-electron chi connectivity index (χ3n) is 4.49. The number of aromatic amines is 1. The van der Waals surface area contributed by atoms with Gasteiger partial charge in [-0.1, -0.05) is 30.3 Å². The van der Waals surface area contributed by atoms with Gasteiger partial charge < -0.3 is 10.7 Å². The Labute approximate surface area is 160 Å². The van der Waals surface area contributed by atoms with Crippen molar-refractivity contribution >= 4 is 43.4 Å². The van der Waals surface area contributed by atoms with E-state index in [1.54, 1.807) is 48.5 Å². The Hall–Kier alpha value is -3.39. The molecule has 4 N–H and O–H groups in total. The monoisotopic (exact) mass is 397 g/mol. The molecule has 3 aromatic carbocycles. The summed E-state index contributed by atoms with van der Waals surface area (Å²) in [5, 5.41) is 1.36. The van der Waals surface area contributed by atoms with Gasteiger partial charge in [-0.15, -0.1) is 0 Å². The molecule has 6 nitrogen and oxygen atoms in total. The van der Waals surface area contributed by atoms with Gasteiger partial charge in [-0.25, -0.2) is 12.8 Å². The number of hydrogen-bond acceptors (Lipinski definition) is 3. The van der Waals surface area contributed by atoms with E-state index in [4.69, 9.17) is 5.73 Å². The second-order valence-corrected chi connectivity index (χ2v) is 8.26. The van der Waals surface area contributed by atoms with Crippen molar-refractivity contribution < 1.29 is 17.6 Å². The fourth-order valence-corrected chi connectivity index (χ4v) is 3.95. The summed E-state index contributed by atoms with van der Waals surface area (Å²) < 4.78 is 39.9. The van der Waals surface area contributed by atoms with E-state index in [0.717, 1.165) is 11.6 Å². The Balaban J connectivity index is 2.07. The number of aromatic nitrogens is 1. The minimum Gasteiger partial charge on any atom is -0.366 e. The molecule has 0 bridgehead atoms. The smallest absolute Gasteiger partial charge is 0.250 e. The number of benzene rings is 3. The summed E-state index contributed by atoms with van der Waals surface area (Å²) in [6.45, 7) is 0. The van der Waals surface area contributed by atoms with Crippen LogP contribution in [-0.4, -0.2) is 25.6 Å². The van der Waals surface area contributed by atoms with Crippen molar-refractivity contribution in [1.82, 2.24) is 4.98 Å². The summed E-state index contributed by atoms with van der Waals surface area (Å²) in [4.78, 5) is 15.0. The fraction of sp³-hybridized carbons (Fsp3) is 0.0500. The van der Waals surface area contributed by atoms with Crippen molar-refractivity contribution in [3.05, 3.63) is 66.0 Å². The summed E-state index contributed by atoms with van der Waals surface area (Å²) in [5.41, 5.74) is 8.21. The molecule has 4 rings (SSSR count). The summed E-state index contributed by atoms with van der Waals surface area (Å²) in [5.74, 6) is -1.01. The number of nitrogens with one attached hydrogen (secondary N) is 2. The molecule has 1 heterocycles. The lowest BCUT2D eigenvalue weighted by molar-refractivity contribution is 0.100. The number of sulfonamides is 1. The van der Waals surface area contributed by atoms with Gasteiger partial charge in [0.2, 0.25) is 10.0 Å². The standard InChI is InChI=1S/C20H16FN3O3S/c1-28(26,27)24-11-6-7-14-17(10-11)23-19-15(20(22)25)9-8-13(18(14)19)12-4-2-3-5-16(12)21/h2-10,23-24H,1H3,(H2,22,25). The van der Waals surface area contributed by atoms with Crippen molar-refractivity contribution in [3.8, 4) is 11.1 Å². The number of rotatable bonds is 4. The topological polar surface area (TPSA) is 105 Å². The molecule has 0 radical (unpaired) electrons. The van der Waals surface area contributed by atoms with Gasteiger partial charge in [-0.3, -0.25) is 9.52 Å². The minimum atomic E-state index is -3.44. The maximum atomic E-state index is 14.4. The van der Waals surface area contributed by atoms with Gasteiger partial charge in [0, 0.05) is 21.9 Å². The van der Waals surface area contributed by atoms with Crippen LogP contribution in [0.5, 0.6) is 0 Å². The number of H-pyrrole nitrogens is 1. The first-order chi connectivity index (χ1) is 13.2. The summed E-state index contributed by atoms with van der Waals surface area (Å²) >= 11 is 0. The van der Waals surface area contributed by atoms with Crippen LogP contribution < -0.4 is 10.5 Å². The highest BCUT2D eigenvalue weighted by atomic mass is 32.2. The summed E-state index contributed by atoms with van der Waals surface area (Å²) in [6, 6.07) is 14.5. The first kappa shape index (κ1) is 18.0. The zero-order valence-corrected chi connectivity index (χ0v) is 15.6. The first-order valence-electron chi connectivity index (χ1n) is 8.35. The molecule has 142 valence electrons. The molecule has 1 amide bonds. The SMILES string of the molecule is CS(=O)(=O)Nc1ccc2c(c1)[nH]c1c(C(N)=O)ccc(-c3ccccc3F)c12. The molecule has 28 heavy (non-hydrogen) atoms. The molecule has 0 aliphatic heterocycles. The average molecular weight is 397 g/mol. The third-order valence-corrected chi connectivity index (χ3v) is 5.09. The lowest BCUT2D eigenvalue weighted by atomic mass is 9.96. The van der Waals surface area contributed by atoms with Crippen molar-refractivity contribution in [1.29, 1.82) is 0 Å². The van der Waals surface area contributed by atoms with Gasteiger partial charge in [-0.05, 0) is 29.8 Å². The maximum absolute atomic E-state index is 14.4. The Kier molecular flexibility index (Phi) is 4.08. The highest BCUT2D eigenvalue weighted by Gasteiger charge is 2.18. The lowest BCUT2D eigenvalue weighted by Crippen LogP contribution is -2.11. The first-order valence-corrected chi connectivity index (χ1v) is 10.2. The number of nitrogens with two attached hydrogens (primary N) is 1. The van der Waals surface area contributed by atoms with Gasteiger partial charge in [0.1, 0.15) is 5.82 Å². The summed E-state index contributed by atoms with van der Waals surface area (Å²) in [6.07, 6.45) is 1.06. The van der Waals surface area contributed by atoms with E-state index in [9.17, 15) is 17.6 Å². The van der Waals surface area contributed by atoms with Crippen LogP contribution >= 0.6 is 0 Å². The third kappa shape index (κ3) is 3.07. The van der Waals surface area contributed by atoms with Gasteiger partial charge >= 0.3 is 0 Å². The predicted molar refractivity (Wildman–Crippen MR) is 108 cm³/mol. The van der Waals surface area contributed by atoms with Crippen LogP contribution in [0.15, 0.2) is 54.6 Å². The second kappa shape index (κ2) is 6.35. The number of carbonyl (C=O) groups is 1. The highest BCUT2D eigenvalue weighted by Crippen LogP contribution is 2.38. The molecule has 1 aromatic heterocycles. The van der Waals surface area contributed by atoms with E-state index in [1.165, 1.54) is 6.07 Å². The van der Waals surface area contributed by atoms with Crippen LogP contribution in [0.2, 0.25) is 0 Å². The molecule has 0 aliphatic carbocycles. The van der Waals surface area contributed by atoms with E-state index < -0.39 is 15.9 Å². The lowest BCUT2D eigenvalue weighted by Gasteiger charge is -2.08. The van der Waals surface area contributed by atoms with Crippen LogP contribution in [0.1, 0.15) is 10.4 Å². The predicted octanol–water partition coefficient (Wildman–Crippen LogP) is 3.60. The fourth-order valence-electron chi connectivity index (χ4n) is 3.40. The van der Waals surface area contributed by atoms with E-state index in [2.05, 4.69) is 9.71 Å². The van der Waals surface area contributed by atoms with Crippen LogP contribution in [0.25, 0.3) is 32.9 Å². The van der Waals surface area contributed by atoms with E-state index in [0.29, 0.717) is 33.2 Å². The quantitative estimate of drug-likeness (QED) is 0.490. The zero-order valence-electron chi connectivity index (χ0n) is 14.8. The molecule has 8 heteroatoms. The van der Waals surface area contributed by atoms with Crippen LogP contribution in [0.4, 0.5) is 10.1 Å². The van der Waals surface area contributed by atoms with Crippen molar-refractivity contribution in [2.45, 2.75) is 0 Å². The molecule has 0 saturated heterocycles. The Morgan fingerprint density at radius 2 is 1.82 bits per heavy atom. The van der Waals surface area contributed by atoms with Crippen LogP contribution in [0.3, 0.4) is 0 Å². The molecular formula is C20H16FN3O3S. The van der Waals surface area contributed by atoms with Gasteiger partial charge in [0.05, 0.1) is 23.0 Å². The number of amides is 1. The van der Waals surface area contributed by atoms with Gasteiger partial charge in [0.25, 0.3) is 5.91 Å². The number of fused-ring (bicyclic) bond motifs is 3. The average Bonchev–Trinajstić information content (AvgIpc) is 2.98. The Morgan fingerprint density at radius 3 is 2.50 bits per heavy atom. The summed E-state index contributed by atoms with van der Waals surface area (Å²) in [7, 11) is -3.44.